The number of carbonyl (C=O) groups is 3. The molecule has 55 heavy (non-hydrogen) atoms. The molecule has 15 heteroatoms. The Bertz CT molecular complexity index is 2330. The predicted molar refractivity (Wildman–Crippen MR) is 204 cm³/mol. The fraction of sp³-hybridized carbons (Fsp3) is 0.400. The number of ether oxygens (including phenoxy) is 1. The fourth-order valence-electron chi connectivity index (χ4n) is 8.18. The van der Waals surface area contributed by atoms with Crippen molar-refractivity contribution in [2.75, 3.05) is 37.6 Å². The molecule has 1 atom stereocenters. The minimum Gasteiger partial charge on any atom is -0.489 e. The number of nitrogens with one attached hydrogen (secondary N) is 2. The van der Waals surface area contributed by atoms with Gasteiger partial charge < -0.3 is 15.0 Å². The summed E-state index contributed by atoms with van der Waals surface area (Å²) in [5.74, 6) is 5.74. The van der Waals surface area contributed by atoms with Gasteiger partial charge in [0, 0.05) is 67.4 Å². The third kappa shape index (κ3) is 7.35. The van der Waals surface area contributed by atoms with E-state index in [0.717, 1.165) is 36.5 Å². The Balaban J connectivity index is 0.912. The molecule has 282 valence electrons. The number of rotatable bonds is 7. The fourth-order valence-corrected chi connectivity index (χ4v) is 8.39. The van der Waals surface area contributed by atoms with Gasteiger partial charge in [0.1, 0.15) is 35.2 Å². The van der Waals surface area contributed by atoms with Crippen LogP contribution in [-0.4, -0.2) is 87.5 Å². The zero-order valence-electron chi connectivity index (χ0n) is 30.9. The zero-order valence-corrected chi connectivity index (χ0v) is 31.7. The van der Waals surface area contributed by atoms with Crippen LogP contribution in [-0.2, 0) is 9.59 Å². The molecule has 3 fully saturated rings. The van der Waals surface area contributed by atoms with Gasteiger partial charge in [0.15, 0.2) is 0 Å². The number of nitriles is 1. The number of anilines is 1. The van der Waals surface area contributed by atoms with Gasteiger partial charge in [-0.1, -0.05) is 50.4 Å². The van der Waals surface area contributed by atoms with Crippen molar-refractivity contribution in [2.24, 2.45) is 10.8 Å². The first-order valence-electron chi connectivity index (χ1n) is 18.1. The molecule has 0 radical (unpaired) electrons. The number of hydrogen-bond acceptors (Lipinski definition) is 11. The first-order chi connectivity index (χ1) is 26.3. The van der Waals surface area contributed by atoms with Crippen LogP contribution in [0.2, 0.25) is 5.02 Å². The van der Waals surface area contributed by atoms with E-state index in [1.54, 1.807) is 42.5 Å². The highest BCUT2D eigenvalue weighted by molar-refractivity contribution is 6.31. The number of imide groups is 1. The van der Waals surface area contributed by atoms with E-state index in [4.69, 9.17) is 16.3 Å². The van der Waals surface area contributed by atoms with E-state index < -0.39 is 28.3 Å². The average molecular weight is 762 g/mol. The molecule has 2 saturated heterocycles. The molecule has 2 aromatic heterocycles. The quantitative estimate of drug-likeness (QED) is 0.208. The summed E-state index contributed by atoms with van der Waals surface area (Å²) >= 11 is 6.22. The highest BCUT2D eigenvalue weighted by Gasteiger charge is 2.64. The van der Waals surface area contributed by atoms with Gasteiger partial charge >= 0.3 is 0 Å². The molecular formula is C40H40ClN9O5. The monoisotopic (exact) mass is 761 g/mol. The molecule has 4 aromatic rings. The van der Waals surface area contributed by atoms with E-state index >= 15 is 0 Å². The van der Waals surface area contributed by atoms with Crippen LogP contribution >= 0.6 is 11.6 Å². The van der Waals surface area contributed by atoms with Gasteiger partial charge in [0.05, 0.1) is 28.1 Å². The second-order valence-corrected chi connectivity index (χ2v) is 15.7. The summed E-state index contributed by atoms with van der Waals surface area (Å²) in [6.45, 7) is 11.7. The second-order valence-electron chi connectivity index (χ2n) is 15.3. The Morgan fingerprint density at radius 1 is 1.04 bits per heavy atom. The minimum absolute atomic E-state index is 0.135. The van der Waals surface area contributed by atoms with E-state index in [1.165, 1.54) is 6.20 Å². The van der Waals surface area contributed by atoms with Crippen LogP contribution in [0.4, 0.5) is 5.69 Å². The van der Waals surface area contributed by atoms with Crippen molar-refractivity contribution in [3.05, 3.63) is 86.9 Å². The lowest BCUT2D eigenvalue weighted by Crippen LogP contribution is -2.74. The molecule has 14 nitrogen and oxygen atoms in total. The van der Waals surface area contributed by atoms with Crippen molar-refractivity contribution >= 4 is 45.9 Å². The number of benzene rings is 2. The Hall–Kier alpha value is -5.83. The number of carbonyl (C=O) groups excluding carboxylic acids is 3. The normalized spacial score (nSPS) is 21.7. The van der Waals surface area contributed by atoms with Crippen molar-refractivity contribution in [3.8, 4) is 23.7 Å². The van der Waals surface area contributed by atoms with E-state index in [0.29, 0.717) is 45.0 Å². The molecule has 2 aromatic carbocycles. The number of piperazine rings is 1. The van der Waals surface area contributed by atoms with Crippen LogP contribution in [0.5, 0.6) is 5.75 Å². The highest BCUT2D eigenvalue weighted by Crippen LogP contribution is 2.55. The van der Waals surface area contributed by atoms with Gasteiger partial charge in [0.25, 0.3) is 17.4 Å². The van der Waals surface area contributed by atoms with Gasteiger partial charge in [-0.2, -0.15) is 9.94 Å². The Labute approximate surface area is 322 Å². The third-order valence-electron chi connectivity index (χ3n) is 10.9. The number of fused-ring (bicyclic) bond motifs is 1. The molecule has 2 N–H and O–H groups in total. The van der Waals surface area contributed by atoms with Gasteiger partial charge in [-0.25, -0.2) is 4.98 Å². The largest absolute Gasteiger partial charge is 0.489 e. The highest BCUT2D eigenvalue weighted by atomic mass is 35.5. The topological polar surface area (TPSA) is 175 Å². The van der Waals surface area contributed by atoms with Crippen LogP contribution in [0, 0.1) is 34.0 Å². The Morgan fingerprint density at radius 3 is 2.47 bits per heavy atom. The summed E-state index contributed by atoms with van der Waals surface area (Å²) < 4.78 is 7.41. The zero-order chi connectivity index (χ0) is 39.1. The minimum atomic E-state index is -0.875. The maximum atomic E-state index is 13.3. The molecule has 2 aliphatic heterocycles. The van der Waals surface area contributed by atoms with Crippen molar-refractivity contribution in [1.82, 2.24) is 35.5 Å². The number of hydrogen-bond donors (Lipinski definition) is 2. The van der Waals surface area contributed by atoms with Crippen molar-refractivity contribution in [1.29, 1.82) is 5.26 Å². The summed E-state index contributed by atoms with van der Waals surface area (Å²) in [6.07, 6.45) is 1.66. The lowest BCUT2D eigenvalue weighted by atomic mass is 9.49. The van der Waals surface area contributed by atoms with Gasteiger partial charge in [0.2, 0.25) is 5.91 Å². The number of pyridine rings is 1. The third-order valence-corrected chi connectivity index (χ3v) is 11.2. The van der Waals surface area contributed by atoms with Crippen LogP contribution in [0.15, 0.2) is 59.5 Å². The smallest absolute Gasteiger partial charge is 0.278 e. The number of aromatic nitrogens is 4. The Kier molecular flexibility index (Phi) is 10.1. The molecule has 1 unspecified atom stereocenters. The standard InChI is InChI=1S/C40H40ClN9O5/c1-39(2)37(40(3,4)38(39)55-28-11-8-24(22-42)30(41)21-28)45-34(52)25-7-9-26(43-23-25)6-5-15-48-16-18-49(19-17-48)27-10-12-31-29(20-27)36(54)50(47-46-31)32-13-14-33(51)44-35(32)53/h7-12,20-21,23,32,37-38H,13-19H2,1-4H3,(H,45,52)(H,44,51,53)/t32?,37-,38-. The van der Waals surface area contributed by atoms with Crippen LogP contribution in [0.3, 0.4) is 0 Å². The number of amides is 3. The summed E-state index contributed by atoms with van der Waals surface area (Å²) in [4.78, 5) is 59.4. The number of halogens is 1. The maximum absolute atomic E-state index is 13.3. The number of nitrogens with zero attached hydrogens (tertiary/aromatic N) is 7. The van der Waals surface area contributed by atoms with E-state index in [2.05, 4.69) is 81.3 Å². The van der Waals surface area contributed by atoms with E-state index in [-0.39, 0.29) is 36.8 Å². The molecule has 1 saturated carbocycles. The van der Waals surface area contributed by atoms with Crippen LogP contribution in [0.1, 0.15) is 68.2 Å². The van der Waals surface area contributed by atoms with Crippen LogP contribution < -0.4 is 25.8 Å². The Morgan fingerprint density at radius 2 is 1.80 bits per heavy atom. The van der Waals surface area contributed by atoms with Crippen molar-refractivity contribution in [2.45, 2.75) is 58.7 Å². The second kappa shape index (κ2) is 14.8. The number of piperidine rings is 1. The maximum Gasteiger partial charge on any atom is 0.278 e. The average Bonchev–Trinajstić information content (AvgIpc) is 3.17. The molecule has 0 spiro atoms. The lowest BCUT2D eigenvalue weighted by molar-refractivity contribution is -0.164. The summed E-state index contributed by atoms with van der Waals surface area (Å²) in [5, 5.41) is 23.5. The summed E-state index contributed by atoms with van der Waals surface area (Å²) in [5.41, 5.74) is 1.49. The van der Waals surface area contributed by atoms with Crippen molar-refractivity contribution in [3.63, 3.8) is 0 Å². The van der Waals surface area contributed by atoms with Gasteiger partial charge in [-0.05, 0) is 54.8 Å². The van der Waals surface area contributed by atoms with Gasteiger partial charge in [-0.15, -0.1) is 5.10 Å². The molecule has 4 heterocycles. The predicted octanol–water partition coefficient (Wildman–Crippen LogP) is 3.47. The molecule has 3 aliphatic rings. The molecule has 1 aliphatic carbocycles. The van der Waals surface area contributed by atoms with Crippen LogP contribution in [0.25, 0.3) is 10.9 Å². The molecule has 0 bridgehead atoms. The van der Waals surface area contributed by atoms with E-state index in [9.17, 15) is 24.4 Å². The molecule has 3 amide bonds. The molecule has 7 rings (SSSR count). The first kappa shape index (κ1) is 37.5. The summed E-state index contributed by atoms with van der Waals surface area (Å²) in [6, 6.07) is 14.9. The lowest BCUT2D eigenvalue weighted by Gasteiger charge is -2.63. The molecular weight excluding hydrogens is 722 g/mol. The first-order valence-corrected chi connectivity index (χ1v) is 18.5. The van der Waals surface area contributed by atoms with Gasteiger partial charge in [-0.3, -0.25) is 29.4 Å². The SMILES string of the molecule is CC1(C)[C@H](NC(=O)c2ccc(C#CCN3CCN(c4ccc5nnn(C6CCC(=O)NC6=O)c(=O)c5c4)CC3)nc2)C(C)(C)[C@H]1Oc1ccc(C#N)c(Cl)c1. The van der Waals surface area contributed by atoms with E-state index in [1.807, 2.05) is 6.07 Å². The van der Waals surface area contributed by atoms with Crippen molar-refractivity contribution < 1.29 is 19.1 Å². The summed E-state index contributed by atoms with van der Waals surface area (Å²) in [7, 11) is 0.